The molecule has 2 aromatic heterocycles. The van der Waals surface area contributed by atoms with Gasteiger partial charge in [0.15, 0.2) is 6.61 Å². The van der Waals surface area contributed by atoms with Crippen molar-refractivity contribution in [2.75, 3.05) is 18.1 Å². The first-order valence-corrected chi connectivity index (χ1v) is 9.06. The van der Waals surface area contributed by atoms with Gasteiger partial charge in [-0.1, -0.05) is 12.1 Å². The van der Waals surface area contributed by atoms with Gasteiger partial charge < -0.3 is 9.64 Å². The van der Waals surface area contributed by atoms with Gasteiger partial charge in [-0.15, -0.1) is 17.9 Å². The highest BCUT2D eigenvalue weighted by Crippen LogP contribution is 2.38. The van der Waals surface area contributed by atoms with Crippen LogP contribution in [0.4, 0.5) is 5.69 Å². The Hall–Kier alpha value is -2.99. The van der Waals surface area contributed by atoms with E-state index in [4.69, 9.17) is 9.72 Å². The third-order valence-corrected chi connectivity index (χ3v) is 5.16. The van der Waals surface area contributed by atoms with Crippen molar-refractivity contribution >= 4 is 22.9 Å². The van der Waals surface area contributed by atoms with Crippen LogP contribution in [0.5, 0.6) is 5.75 Å². The Kier molecular flexibility index (Phi) is 4.26. The lowest BCUT2D eigenvalue weighted by atomic mass is 10.1. The fraction of sp³-hybridized carbons (Fsp3) is 0.150. The van der Waals surface area contributed by atoms with Crippen LogP contribution in [-0.4, -0.2) is 29.0 Å². The molecule has 130 valence electrons. The van der Waals surface area contributed by atoms with Gasteiger partial charge in [0.1, 0.15) is 10.8 Å². The molecule has 4 rings (SSSR count). The van der Waals surface area contributed by atoms with E-state index in [1.54, 1.807) is 28.5 Å². The average molecular weight is 363 g/mol. The van der Waals surface area contributed by atoms with Crippen molar-refractivity contribution in [2.45, 2.75) is 6.92 Å². The maximum absolute atomic E-state index is 12.2. The van der Waals surface area contributed by atoms with Gasteiger partial charge >= 0.3 is 0 Å². The molecule has 0 radical (unpaired) electrons. The van der Waals surface area contributed by atoms with E-state index in [0.717, 1.165) is 32.5 Å². The van der Waals surface area contributed by atoms with Crippen molar-refractivity contribution in [1.82, 2.24) is 9.97 Å². The van der Waals surface area contributed by atoms with E-state index in [1.807, 2.05) is 43.3 Å². The number of amides is 1. The molecule has 3 aromatic rings. The zero-order valence-corrected chi connectivity index (χ0v) is 15.1. The number of hydrogen-bond donors (Lipinski definition) is 0. The molecule has 1 aromatic carbocycles. The Labute approximate surface area is 155 Å². The second kappa shape index (κ2) is 6.72. The Morgan fingerprint density at radius 2 is 2.23 bits per heavy atom. The van der Waals surface area contributed by atoms with E-state index in [0.29, 0.717) is 12.3 Å². The average Bonchev–Trinajstić information content (AvgIpc) is 3.06. The van der Waals surface area contributed by atoms with Gasteiger partial charge in [-0.25, -0.2) is 4.98 Å². The molecule has 0 saturated carbocycles. The number of benzene rings is 1. The molecule has 0 atom stereocenters. The monoisotopic (exact) mass is 363 g/mol. The van der Waals surface area contributed by atoms with Crippen LogP contribution >= 0.6 is 11.3 Å². The zero-order chi connectivity index (χ0) is 18.1. The smallest absolute Gasteiger partial charge is 0.265 e. The van der Waals surface area contributed by atoms with Crippen LogP contribution in [0.2, 0.25) is 0 Å². The third-order valence-electron chi connectivity index (χ3n) is 4.17. The van der Waals surface area contributed by atoms with Crippen molar-refractivity contribution in [3.05, 3.63) is 60.1 Å². The number of nitrogens with zero attached hydrogens (tertiary/aromatic N) is 3. The van der Waals surface area contributed by atoms with E-state index >= 15 is 0 Å². The first-order chi connectivity index (χ1) is 12.7. The van der Waals surface area contributed by atoms with Crippen LogP contribution < -0.4 is 9.64 Å². The highest BCUT2D eigenvalue weighted by Gasteiger charge is 2.25. The highest BCUT2D eigenvalue weighted by molar-refractivity contribution is 7.15. The SMILES string of the molecule is C=CCN1C(=O)COc2ccc(-c3nc(-c4ccccn4)sc3C)cc21. The van der Waals surface area contributed by atoms with Crippen LogP contribution in [0.1, 0.15) is 4.88 Å². The maximum atomic E-state index is 12.2. The maximum Gasteiger partial charge on any atom is 0.265 e. The Balaban J connectivity index is 1.77. The Morgan fingerprint density at radius 1 is 1.35 bits per heavy atom. The first-order valence-electron chi connectivity index (χ1n) is 8.24. The number of hydrogen-bond acceptors (Lipinski definition) is 5. The van der Waals surface area contributed by atoms with Crippen molar-refractivity contribution in [3.63, 3.8) is 0 Å². The molecule has 1 aliphatic heterocycles. The Bertz CT molecular complexity index is 982. The van der Waals surface area contributed by atoms with E-state index in [9.17, 15) is 4.79 Å². The van der Waals surface area contributed by atoms with Crippen LogP contribution in [-0.2, 0) is 4.79 Å². The van der Waals surface area contributed by atoms with Gasteiger partial charge in [0.2, 0.25) is 0 Å². The molecular weight excluding hydrogens is 346 g/mol. The number of carbonyl (C=O) groups is 1. The number of aromatic nitrogens is 2. The van der Waals surface area contributed by atoms with Crippen molar-refractivity contribution in [3.8, 4) is 27.7 Å². The quantitative estimate of drug-likeness (QED) is 0.655. The molecule has 6 heteroatoms. The normalized spacial score (nSPS) is 13.3. The van der Waals surface area contributed by atoms with Gasteiger partial charge in [-0.3, -0.25) is 9.78 Å². The summed E-state index contributed by atoms with van der Waals surface area (Å²) in [5.41, 5.74) is 3.46. The van der Waals surface area contributed by atoms with Gasteiger partial charge in [0.05, 0.1) is 17.1 Å². The largest absolute Gasteiger partial charge is 0.482 e. The van der Waals surface area contributed by atoms with Crippen molar-refractivity contribution < 1.29 is 9.53 Å². The first kappa shape index (κ1) is 16.5. The molecule has 1 aliphatic rings. The summed E-state index contributed by atoms with van der Waals surface area (Å²) in [6.45, 7) is 6.29. The topological polar surface area (TPSA) is 55.3 Å². The number of carbonyl (C=O) groups excluding carboxylic acids is 1. The molecular formula is C20H17N3O2S. The molecule has 0 spiro atoms. The molecule has 3 heterocycles. The van der Waals surface area contributed by atoms with E-state index in [2.05, 4.69) is 11.6 Å². The summed E-state index contributed by atoms with van der Waals surface area (Å²) in [6, 6.07) is 11.6. The van der Waals surface area contributed by atoms with Crippen LogP contribution in [0, 0.1) is 6.92 Å². The molecule has 0 N–H and O–H groups in total. The van der Waals surface area contributed by atoms with Crippen molar-refractivity contribution in [1.29, 1.82) is 0 Å². The van der Waals surface area contributed by atoms with E-state index in [1.165, 1.54) is 0 Å². The summed E-state index contributed by atoms with van der Waals surface area (Å²) < 4.78 is 5.55. The molecule has 5 nitrogen and oxygen atoms in total. The summed E-state index contributed by atoms with van der Waals surface area (Å²) in [4.78, 5) is 24.1. The number of ether oxygens (including phenoxy) is 1. The molecule has 1 amide bonds. The molecule has 0 fully saturated rings. The number of fused-ring (bicyclic) bond motifs is 1. The number of rotatable bonds is 4. The van der Waals surface area contributed by atoms with E-state index < -0.39 is 0 Å². The number of aryl methyl sites for hydroxylation is 1. The molecule has 0 unspecified atom stereocenters. The van der Waals surface area contributed by atoms with Gasteiger partial charge in [0, 0.05) is 23.2 Å². The second-order valence-corrected chi connectivity index (χ2v) is 7.11. The van der Waals surface area contributed by atoms with Crippen LogP contribution in [0.15, 0.2) is 55.3 Å². The van der Waals surface area contributed by atoms with Gasteiger partial charge in [0.25, 0.3) is 5.91 Å². The lowest BCUT2D eigenvalue weighted by Gasteiger charge is -2.28. The predicted molar refractivity (Wildman–Crippen MR) is 104 cm³/mol. The standard InChI is InChI=1S/C20H17N3O2S/c1-3-10-23-16-11-14(7-8-17(16)25-12-18(23)24)19-13(2)26-20(22-19)15-6-4-5-9-21-15/h3-9,11H,1,10,12H2,2H3. The highest BCUT2D eigenvalue weighted by atomic mass is 32.1. The fourth-order valence-electron chi connectivity index (χ4n) is 2.94. The van der Waals surface area contributed by atoms with Crippen LogP contribution in [0.25, 0.3) is 22.0 Å². The number of thiazole rings is 1. The van der Waals surface area contributed by atoms with Gasteiger partial charge in [-0.2, -0.15) is 0 Å². The predicted octanol–water partition coefficient (Wildman–Crippen LogP) is 4.09. The minimum Gasteiger partial charge on any atom is -0.482 e. The summed E-state index contributed by atoms with van der Waals surface area (Å²) in [6.07, 6.45) is 3.48. The fourth-order valence-corrected chi connectivity index (χ4v) is 3.85. The minimum absolute atomic E-state index is 0.0553. The van der Waals surface area contributed by atoms with Crippen molar-refractivity contribution in [2.24, 2.45) is 0 Å². The molecule has 0 bridgehead atoms. The minimum atomic E-state index is -0.0706. The number of pyridine rings is 1. The molecule has 0 saturated heterocycles. The lowest BCUT2D eigenvalue weighted by Crippen LogP contribution is -2.38. The number of anilines is 1. The summed E-state index contributed by atoms with van der Waals surface area (Å²) >= 11 is 1.61. The summed E-state index contributed by atoms with van der Waals surface area (Å²) in [5.74, 6) is 0.631. The molecule has 26 heavy (non-hydrogen) atoms. The third kappa shape index (κ3) is 2.88. The lowest BCUT2D eigenvalue weighted by molar-refractivity contribution is -0.121. The summed E-state index contributed by atoms with van der Waals surface area (Å²) in [7, 11) is 0. The summed E-state index contributed by atoms with van der Waals surface area (Å²) in [5, 5.41) is 0.881. The zero-order valence-electron chi connectivity index (χ0n) is 14.3. The Morgan fingerprint density at radius 3 is 3.00 bits per heavy atom. The second-order valence-electron chi connectivity index (χ2n) is 5.90. The van der Waals surface area contributed by atoms with E-state index in [-0.39, 0.29) is 12.5 Å². The van der Waals surface area contributed by atoms with Crippen LogP contribution in [0.3, 0.4) is 0 Å². The van der Waals surface area contributed by atoms with Gasteiger partial charge in [-0.05, 0) is 37.3 Å². The molecule has 0 aliphatic carbocycles.